The number of likely N-dealkylation sites (N-methyl/N-ethyl adjacent to an activating group) is 1. The van der Waals surface area contributed by atoms with Crippen LogP contribution in [-0.4, -0.2) is 43.4 Å². The van der Waals surface area contributed by atoms with Crippen molar-refractivity contribution in [3.63, 3.8) is 0 Å². The van der Waals surface area contributed by atoms with Crippen LogP contribution >= 0.6 is 0 Å². The smallest absolute Gasteiger partial charge is 0.279 e. The zero-order chi connectivity index (χ0) is 19.4. The van der Waals surface area contributed by atoms with Crippen molar-refractivity contribution in [3.05, 3.63) is 60.3 Å². The number of benzene rings is 2. The summed E-state index contributed by atoms with van der Waals surface area (Å²) in [5, 5.41) is 3.75. The normalized spacial score (nSPS) is 13.1. The summed E-state index contributed by atoms with van der Waals surface area (Å²) < 4.78 is 5.16. The van der Waals surface area contributed by atoms with Gasteiger partial charge in [0.05, 0.1) is 14.2 Å². The summed E-state index contributed by atoms with van der Waals surface area (Å²) in [6, 6.07) is 14.5. The van der Waals surface area contributed by atoms with Crippen LogP contribution in [0.25, 0.3) is 10.9 Å². The number of carbonyl (C=O) groups is 2. The molecule has 3 N–H and O–H groups in total. The lowest BCUT2D eigenvalue weighted by molar-refractivity contribution is -0.885. The van der Waals surface area contributed by atoms with Gasteiger partial charge in [0.15, 0.2) is 6.54 Å². The highest BCUT2D eigenvalue weighted by Crippen LogP contribution is 2.19. The summed E-state index contributed by atoms with van der Waals surface area (Å²) in [6.45, 7) is 2.03. The van der Waals surface area contributed by atoms with Crippen molar-refractivity contribution < 1.29 is 19.2 Å². The molecule has 3 rings (SSSR count). The molecule has 0 fully saturated rings. The largest absolute Gasteiger partial charge is 0.497 e. The van der Waals surface area contributed by atoms with Crippen LogP contribution in [-0.2, 0) is 4.79 Å². The van der Waals surface area contributed by atoms with Gasteiger partial charge < -0.3 is 19.9 Å². The van der Waals surface area contributed by atoms with Gasteiger partial charge in [-0.2, -0.15) is 0 Å². The number of Topliss-reactive ketones (excluding diaryl/α,β-unsaturated/α-hetero) is 1. The number of fused-ring (bicyclic) bond motifs is 1. The first kappa shape index (κ1) is 18.7. The molecule has 2 aromatic carbocycles. The number of hydrogen-bond acceptors (Lipinski definition) is 3. The molecule has 1 heterocycles. The number of nitrogens with one attached hydrogen (secondary N) is 3. The Kier molecular flexibility index (Phi) is 5.57. The van der Waals surface area contributed by atoms with Crippen molar-refractivity contribution in [2.75, 3.05) is 26.0 Å². The van der Waals surface area contributed by atoms with Crippen molar-refractivity contribution in [1.82, 2.24) is 4.98 Å². The number of H-pyrrole nitrogens is 1. The fourth-order valence-corrected chi connectivity index (χ4v) is 3.04. The third-order valence-corrected chi connectivity index (χ3v) is 4.78. The number of aromatic nitrogens is 1. The fraction of sp³-hybridized carbons (Fsp3) is 0.238. The van der Waals surface area contributed by atoms with E-state index in [2.05, 4.69) is 10.3 Å². The van der Waals surface area contributed by atoms with Crippen LogP contribution in [0, 0.1) is 0 Å². The topological polar surface area (TPSA) is 75.6 Å². The molecule has 0 saturated carbocycles. The van der Waals surface area contributed by atoms with E-state index in [0.29, 0.717) is 17.0 Å². The van der Waals surface area contributed by atoms with E-state index in [1.807, 2.05) is 50.4 Å². The number of ketones is 1. The summed E-state index contributed by atoms with van der Waals surface area (Å²) in [7, 11) is 3.43. The van der Waals surface area contributed by atoms with E-state index in [-0.39, 0.29) is 24.3 Å². The molecule has 1 aromatic heterocycles. The molecule has 3 aromatic rings. The Labute approximate surface area is 158 Å². The molecule has 0 aliphatic rings. The third kappa shape index (κ3) is 4.17. The van der Waals surface area contributed by atoms with Crippen LogP contribution < -0.4 is 15.0 Å². The molecule has 0 radical (unpaired) electrons. The molecule has 0 aliphatic carbocycles. The number of methoxy groups -OCH3 is 1. The number of quaternary nitrogens is 1. The molecule has 27 heavy (non-hydrogen) atoms. The van der Waals surface area contributed by atoms with E-state index in [9.17, 15) is 9.59 Å². The highest BCUT2D eigenvalue weighted by molar-refractivity contribution is 6.09. The summed E-state index contributed by atoms with van der Waals surface area (Å²) in [5.74, 6) is 0.537. The Balaban J connectivity index is 1.65. The summed E-state index contributed by atoms with van der Waals surface area (Å²) in [5.41, 5.74) is 2.26. The maximum Gasteiger partial charge on any atom is 0.279 e. The minimum Gasteiger partial charge on any atom is -0.497 e. The molecule has 140 valence electrons. The quantitative estimate of drug-likeness (QED) is 0.559. The SMILES string of the molecule is COc1cccc(NC(=O)C[NH+](C)[C@@H](C)C(=O)c2c[nH]c3ccccc23)c1. The molecule has 2 atom stereocenters. The molecular weight excluding hydrogens is 342 g/mol. The molecule has 0 saturated heterocycles. The second kappa shape index (κ2) is 8.05. The summed E-state index contributed by atoms with van der Waals surface area (Å²) >= 11 is 0. The number of ether oxygens (including phenoxy) is 1. The van der Waals surface area contributed by atoms with Crippen molar-refractivity contribution in [3.8, 4) is 5.75 Å². The van der Waals surface area contributed by atoms with Crippen LogP contribution in [0.3, 0.4) is 0 Å². The summed E-state index contributed by atoms with van der Waals surface area (Å²) in [6.07, 6.45) is 1.74. The summed E-state index contributed by atoms with van der Waals surface area (Å²) in [4.78, 5) is 29.2. The number of amides is 1. The predicted octanol–water partition coefficient (Wildman–Crippen LogP) is 1.90. The highest BCUT2D eigenvalue weighted by atomic mass is 16.5. The molecule has 0 spiro atoms. The lowest BCUT2D eigenvalue weighted by Gasteiger charge is -2.20. The zero-order valence-corrected chi connectivity index (χ0v) is 15.7. The highest BCUT2D eigenvalue weighted by Gasteiger charge is 2.26. The molecule has 0 aliphatic heterocycles. The number of hydrogen-bond donors (Lipinski definition) is 3. The fourth-order valence-electron chi connectivity index (χ4n) is 3.04. The van der Waals surface area contributed by atoms with Crippen LogP contribution in [0.4, 0.5) is 5.69 Å². The van der Waals surface area contributed by atoms with E-state index < -0.39 is 0 Å². The van der Waals surface area contributed by atoms with Crippen LogP contribution in [0.2, 0.25) is 0 Å². The number of anilines is 1. The Morgan fingerprint density at radius 3 is 2.74 bits per heavy atom. The van der Waals surface area contributed by atoms with Gasteiger partial charge in [0, 0.05) is 34.4 Å². The third-order valence-electron chi connectivity index (χ3n) is 4.78. The van der Waals surface area contributed by atoms with Gasteiger partial charge in [-0.25, -0.2) is 0 Å². The van der Waals surface area contributed by atoms with Gasteiger partial charge in [-0.1, -0.05) is 24.3 Å². The van der Waals surface area contributed by atoms with E-state index in [1.165, 1.54) is 0 Å². The van der Waals surface area contributed by atoms with E-state index in [0.717, 1.165) is 15.8 Å². The van der Waals surface area contributed by atoms with Gasteiger partial charge in [0.2, 0.25) is 5.78 Å². The minimum absolute atomic E-state index is 0.0131. The van der Waals surface area contributed by atoms with Gasteiger partial charge >= 0.3 is 0 Å². The molecule has 1 amide bonds. The van der Waals surface area contributed by atoms with Crippen molar-refractivity contribution in [1.29, 1.82) is 0 Å². The Bertz CT molecular complexity index is 964. The Hall–Kier alpha value is -3.12. The standard InChI is InChI=1S/C21H23N3O3/c1-14(21(26)18-12-22-19-10-5-4-9-17(18)19)24(2)13-20(25)23-15-7-6-8-16(11-15)27-3/h4-12,14,22H,13H2,1-3H3,(H,23,25)/p+1/t14-/m0/s1. The lowest BCUT2D eigenvalue weighted by atomic mass is 10.0. The molecule has 1 unspecified atom stereocenters. The first-order chi connectivity index (χ1) is 13.0. The molecule has 0 bridgehead atoms. The Morgan fingerprint density at radius 2 is 1.96 bits per heavy atom. The number of carbonyl (C=O) groups excluding carboxylic acids is 2. The van der Waals surface area contributed by atoms with Gasteiger partial charge in [-0.05, 0) is 25.1 Å². The van der Waals surface area contributed by atoms with Gasteiger partial charge in [0.25, 0.3) is 5.91 Å². The number of para-hydroxylation sites is 1. The second-order valence-electron chi connectivity index (χ2n) is 6.64. The van der Waals surface area contributed by atoms with Gasteiger partial charge in [-0.15, -0.1) is 0 Å². The maximum atomic E-state index is 12.9. The molecule has 6 heteroatoms. The predicted molar refractivity (Wildman–Crippen MR) is 105 cm³/mol. The minimum atomic E-state index is -0.347. The van der Waals surface area contributed by atoms with Crippen molar-refractivity contribution >= 4 is 28.3 Å². The lowest BCUT2D eigenvalue weighted by Crippen LogP contribution is -3.14. The van der Waals surface area contributed by atoms with Crippen LogP contribution in [0.5, 0.6) is 5.75 Å². The molecular formula is C21H24N3O3+. The van der Waals surface area contributed by atoms with Crippen molar-refractivity contribution in [2.24, 2.45) is 0 Å². The average Bonchev–Trinajstić information content (AvgIpc) is 3.11. The van der Waals surface area contributed by atoms with Gasteiger partial charge in [0.1, 0.15) is 11.8 Å². The zero-order valence-electron chi connectivity index (χ0n) is 15.7. The van der Waals surface area contributed by atoms with E-state index in [1.54, 1.807) is 25.4 Å². The first-order valence-electron chi connectivity index (χ1n) is 8.86. The van der Waals surface area contributed by atoms with E-state index >= 15 is 0 Å². The monoisotopic (exact) mass is 366 g/mol. The number of aromatic amines is 1. The van der Waals surface area contributed by atoms with Gasteiger partial charge in [-0.3, -0.25) is 9.59 Å². The van der Waals surface area contributed by atoms with Crippen molar-refractivity contribution in [2.45, 2.75) is 13.0 Å². The molecule has 6 nitrogen and oxygen atoms in total. The second-order valence-corrected chi connectivity index (χ2v) is 6.64. The maximum absolute atomic E-state index is 12.9. The Morgan fingerprint density at radius 1 is 1.19 bits per heavy atom. The first-order valence-corrected chi connectivity index (χ1v) is 8.86. The van der Waals surface area contributed by atoms with Crippen LogP contribution in [0.15, 0.2) is 54.7 Å². The van der Waals surface area contributed by atoms with E-state index in [4.69, 9.17) is 4.74 Å². The average molecular weight is 366 g/mol. The van der Waals surface area contributed by atoms with Crippen LogP contribution in [0.1, 0.15) is 17.3 Å². The number of rotatable bonds is 7.